The van der Waals surface area contributed by atoms with Crippen LogP contribution in [0.2, 0.25) is 0 Å². The first kappa shape index (κ1) is 12.5. The molecule has 2 aromatic heterocycles. The Hall–Kier alpha value is -2.54. The minimum absolute atomic E-state index is 0.0206. The maximum Gasteiger partial charge on any atom is 0.191 e. The zero-order valence-electron chi connectivity index (χ0n) is 11.0. The van der Waals surface area contributed by atoms with Crippen LogP contribution in [0.1, 0.15) is 24.4 Å². The van der Waals surface area contributed by atoms with E-state index in [0.717, 1.165) is 16.8 Å². The zero-order valence-corrected chi connectivity index (χ0v) is 11.0. The SMILES string of the molecule is CC(NCc1cn[nH]c1-c1ccccc1)c1nn[nH]n1. The highest BCUT2D eigenvalue weighted by Gasteiger charge is 2.12. The molecule has 7 heteroatoms. The number of tetrazole rings is 1. The topological polar surface area (TPSA) is 95.2 Å². The first-order valence-corrected chi connectivity index (χ1v) is 6.39. The molecule has 1 atom stereocenters. The van der Waals surface area contributed by atoms with Crippen LogP contribution in [0.4, 0.5) is 0 Å². The van der Waals surface area contributed by atoms with Crippen LogP contribution in [-0.4, -0.2) is 30.8 Å². The summed E-state index contributed by atoms with van der Waals surface area (Å²) in [5, 5.41) is 24.5. The molecule has 0 radical (unpaired) electrons. The third kappa shape index (κ3) is 2.57. The van der Waals surface area contributed by atoms with Crippen LogP contribution in [0.3, 0.4) is 0 Å². The van der Waals surface area contributed by atoms with Crippen LogP contribution in [0, 0.1) is 0 Å². The van der Waals surface area contributed by atoms with Crippen LogP contribution < -0.4 is 5.32 Å². The number of benzene rings is 1. The second kappa shape index (κ2) is 5.62. The summed E-state index contributed by atoms with van der Waals surface area (Å²) in [6.07, 6.45) is 1.83. The predicted molar refractivity (Wildman–Crippen MR) is 73.5 cm³/mol. The van der Waals surface area contributed by atoms with E-state index >= 15 is 0 Å². The molecule has 0 spiro atoms. The molecule has 3 rings (SSSR count). The molecule has 20 heavy (non-hydrogen) atoms. The summed E-state index contributed by atoms with van der Waals surface area (Å²) in [6, 6.07) is 10.1. The number of nitrogens with one attached hydrogen (secondary N) is 3. The van der Waals surface area contributed by atoms with E-state index in [-0.39, 0.29) is 6.04 Å². The van der Waals surface area contributed by atoms with Gasteiger partial charge in [-0.25, -0.2) is 0 Å². The highest BCUT2D eigenvalue weighted by atomic mass is 15.5. The molecular weight excluding hydrogens is 254 g/mol. The average molecular weight is 269 g/mol. The molecule has 0 aliphatic rings. The van der Waals surface area contributed by atoms with Crippen molar-refractivity contribution >= 4 is 0 Å². The van der Waals surface area contributed by atoms with Crippen molar-refractivity contribution in [2.75, 3.05) is 0 Å². The molecule has 3 N–H and O–H groups in total. The molecule has 102 valence electrons. The Morgan fingerprint density at radius 1 is 1.25 bits per heavy atom. The summed E-state index contributed by atoms with van der Waals surface area (Å²) in [6.45, 7) is 2.67. The molecule has 0 fully saturated rings. The molecule has 0 aliphatic heterocycles. The van der Waals surface area contributed by atoms with Crippen molar-refractivity contribution in [2.24, 2.45) is 0 Å². The van der Waals surface area contributed by atoms with Gasteiger partial charge in [0.1, 0.15) is 0 Å². The van der Waals surface area contributed by atoms with E-state index in [4.69, 9.17) is 0 Å². The van der Waals surface area contributed by atoms with E-state index < -0.39 is 0 Å². The van der Waals surface area contributed by atoms with Gasteiger partial charge in [-0.2, -0.15) is 10.3 Å². The van der Waals surface area contributed by atoms with Gasteiger partial charge in [0.25, 0.3) is 0 Å². The Balaban J connectivity index is 1.72. The van der Waals surface area contributed by atoms with Gasteiger partial charge >= 0.3 is 0 Å². The highest BCUT2D eigenvalue weighted by Crippen LogP contribution is 2.20. The smallest absolute Gasteiger partial charge is 0.191 e. The Kier molecular flexibility index (Phi) is 3.51. The summed E-state index contributed by atoms with van der Waals surface area (Å²) >= 11 is 0. The molecule has 0 saturated carbocycles. The van der Waals surface area contributed by atoms with Crippen LogP contribution in [0.15, 0.2) is 36.5 Å². The maximum absolute atomic E-state index is 4.12. The van der Waals surface area contributed by atoms with E-state index in [0.29, 0.717) is 12.4 Å². The monoisotopic (exact) mass is 269 g/mol. The van der Waals surface area contributed by atoms with E-state index in [2.05, 4.69) is 48.3 Å². The van der Waals surface area contributed by atoms with Crippen molar-refractivity contribution in [3.05, 3.63) is 47.9 Å². The summed E-state index contributed by atoms with van der Waals surface area (Å²) < 4.78 is 0. The van der Waals surface area contributed by atoms with Crippen molar-refractivity contribution in [1.29, 1.82) is 0 Å². The fourth-order valence-corrected chi connectivity index (χ4v) is 2.01. The molecular formula is C13H15N7. The number of aromatic nitrogens is 6. The van der Waals surface area contributed by atoms with Gasteiger partial charge in [0, 0.05) is 12.1 Å². The zero-order chi connectivity index (χ0) is 13.8. The number of nitrogens with zero attached hydrogens (tertiary/aromatic N) is 4. The number of hydrogen-bond acceptors (Lipinski definition) is 5. The Labute approximate surface area is 115 Å². The second-order valence-corrected chi connectivity index (χ2v) is 4.51. The Bertz CT molecular complexity index is 644. The van der Waals surface area contributed by atoms with E-state index in [9.17, 15) is 0 Å². The maximum atomic E-state index is 4.12. The van der Waals surface area contributed by atoms with Crippen LogP contribution in [-0.2, 0) is 6.54 Å². The molecule has 0 bridgehead atoms. The first-order valence-electron chi connectivity index (χ1n) is 6.39. The van der Waals surface area contributed by atoms with Gasteiger partial charge < -0.3 is 5.32 Å². The predicted octanol–water partition coefficient (Wildman–Crippen LogP) is 1.44. The number of hydrogen-bond donors (Lipinski definition) is 3. The third-order valence-corrected chi connectivity index (χ3v) is 3.13. The van der Waals surface area contributed by atoms with Gasteiger partial charge in [0.2, 0.25) is 0 Å². The third-order valence-electron chi connectivity index (χ3n) is 3.13. The molecule has 1 unspecified atom stereocenters. The van der Waals surface area contributed by atoms with E-state index in [1.807, 2.05) is 31.3 Å². The first-order chi connectivity index (χ1) is 9.84. The Morgan fingerprint density at radius 2 is 2.10 bits per heavy atom. The van der Waals surface area contributed by atoms with Gasteiger partial charge in [-0.1, -0.05) is 35.5 Å². The molecule has 0 aliphatic carbocycles. The lowest BCUT2D eigenvalue weighted by Gasteiger charge is -2.09. The number of rotatable bonds is 5. The molecule has 7 nitrogen and oxygen atoms in total. The minimum Gasteiger partial charge on any atom is -0.303 e. The lowest BCUT2D eigenvalue weighted by molar-refractivity contribution is 0.547. The minimum atomic E-state index is 0.0206. The van der Waals surface area contributed by atoms with Crippen LogP contribution in [0.5, 0.6) is 0 Å². The van der Waals surface area contributed by atoms with Crippen molar-refractivity contribution in [3.8, 4) is 11.3 Å². The average Bonchev–Trinajstić information content (AvgIpc) is 3.17. The molecule has 0 amide bonds. The Morgan fingerprint density at radius 3 is 2.85 bits per heavy atom. The lowest BCUT2D eigenvalue weighted by Crippen LogP contribution is -2.19. The van der Waals surface area contributed by atoms with Gasteiger partial charge in [-0.05, 0) is 12.5 Å². The van der Waals surface area contributed by atoms with Gasteiger partial charge in [0.15, 0.2) is 5.82 Å². The van der Waals surface area contributed by atoms with Crippen LogP contribution in [0.25, 0.3) is 11.3 Å². The molecule has 1 aromatic carbocycles. The molecule has 0 saturated heterocycles. The quantitative estimate of drug-likeness (QED) is 0.651. The summed E-state index contributed by atoms with van der Waals surface area (Å²) in [4.78, 5) is 0. The second-order valence-electron chi connectivity index (χ2n) is 4.51. The van der Waals surface area contributed by atoms with Crippen LogP contribution >= 0.6 is 0 Å². The van der Waals surface area contributed by atoms with Gasteiger partial charge in [-0.15, -0.1) is 10.2 Å². The summed E-state index contributed by atoms with van der Waals surface area (Å²) in [5.74, 6) is 0.648. The van der Waals surface area contributed by atoms with Gasteiger partial charge in [-0.3, -0.25) is 5.10 Å². The standard InChI is InChI=1S/C13H15N7/c1-9(13-17-19-20-18-13)14-7-11-8-15-16-12(11)10-5-3-2-4-6-10/h2-6,8-9,14H,7H2,1H3,(H,15,16)(H,17,18,19,20). The van der Waals surface area contributed by atoms with Crippen molar-refractivity contribution in [3.63, 3.8) is 0 Å². The van der Waals surface area contributed by atoms with Gasteiger partial charge in [0.05, 0.1) is 17.9 Å². The van der Waals surface area contributed by atoms with Crippen molar-refractivity contribution in [1.82, 2.24) is 36.1 Å². The normalized spacial score (nSPS) is 12.4. The molecule has 2 heterocycles. The highest BCUT2D eigenvalue weighted by molar-refractivity contribution is 5.62. The fraction of sp³-hybridized carbons (Fsp3) is 0.231. The number of aromatic amines is 2. The summed E-state index contributed by atoms with van der Waals surface area (Å²) in [7, 11) is 0. The lowest BCUT2D eigenvalue weighted by atomic mass is 10.1. The largest absolute Gasteiger partial charge is 0.303 e. The van der Waals surface area contributed by atoms with E-state index in [1.165, 1.54) is 0 Å². The molecule has 3 aromatic rings. The number of H-pyrrole nitrogens is 2. The van der Waals surface area contributed by atoms with Crippen molar-refractivity contribution < 1.29 is 0 Å². The summed E-state index contributed by atoms with van der Waals surface area (Å²) in [5.41, 5.74) is 3.25. The fourth-order valence-electron chi connectivity index (χ4n) is 2.01. The van der Waals surface area contributed by atoms with Crippen molar-refractivity contribution in [2.45, 2.75) is 19.5 Å². The van der Waals surface area contributed by atoms with E-state index in [1.54, 1.807) is 0 Å².